The summed E-state index contributed by atoms with van der Waals surface area (Å²) in [4.78, 5) is 82.0. The third-order valence-electron chi connectivity index (χ3n) is 10.6. The molecule has 3 fully saturated rings. The van der Waals surface area contributed by atoms with Crippen molar-refractivity contribution in [2.75, 3.05) is 28.4 Å². The van der Waals surface area contributed by atoms with Crippen molar-refractivity contribution in [3.63, 3.8) is 0 Å². The molecule has 10 heteroatoms. The minimum Gasteiger partial charge on any atom is -0.468 e. The molecule has 0 radical (unpaired) electrons. The second-order valence-corrected chi connectivity index (χ2v) is 11.2. The molecule has 0 bridgehead atoms. The van der Waals surface area contributed by atoms with Gasteiger partial charge < -0.3 is 18.9 Å². The van der Waals surface area contributed by atoms with Crippen LogP contribution in [0.1, 0.15) is 38.5 Å². The van der Waals surface area contributed by atoms with E-state index >= 15 is 0 Å². The van der Waals surface area contributed by atoms with Crippen molar-refractivity contribution in [1.82, 2.24) is 0 Å². The Hall–Kier alpha value is -3.30. The van der Waals surface area contributed by atoms with Crippen molar-refractivity contribution >= 4 is 35.4 Å². The molecule has 0 heterocycles. The van der Waals surface area contributed by atoms with Gasteiger partial charge in [0.2, 0.25) is 0 Å². The second-order valence-electron chi connectivity index (χ2n) is 11.2. The van der Waals surface area contributed by atoms with Gasteiger partial charge in [0.25, 0.3) is 0 Å². The lowest BCUT2D eigenvalue weighted by Gasteiger charge is -2.53. The predicted molar refractivity (Wildman–Crippen MR) is 128 cm³/mol. The highest BCUT2D eigenvalue weighted by molar-refractivity contribution is 6.20. The largest absolute Gasteiger partial charge is 0.468 e. The molecule has 0 unspecified atom stereocenters. The fraction of sp³-hybridized carbons (Fsp3) is 0.643. The van der Waals surface area contributed by atoms with Gasteiger partial charge in [0.15, 0.2) is 11.6 Å². The number of esters is 4. The molecule has 0 spiro atoms. The molecule has 0 saturated heterocycles. The molecule has 4 atom stereocenters. The summed E-state index contributed by atoms with van der Waals surface area (Å²) < 4.78 is 20.2. The summed E-state index contributed by atoms with van der Waals surface area (Å²) in [5, 5.41) is 0. The Kier molecular flexibility index (Phi) is 5.96. The van der Waals surface area contributed by atoms with Gasteiger partial charge in [-0.25, -0.2) is 0 Å². The van der Waals surface area contributed by atoms with Crippen LogP contribution in [0.4, 0.5) is 0 Å². The van der Waals surface area contributed by atoms with E-state index in [1.165, 1.54) is 0 Å². The van der Waals surface area contributed by atoms with E-state index in [1.807, 2.05) is 0 Å². The summed E-state index contributed by atoms with van der Waals surface area (Å²) >= 11 is 0. The second kappa shape index (κ2) is 8.61. The predicted octanol–water partition coefficient (Wildman–Crippen LogP) is 1.75. The van der Waals surface area contributed by atoms with Gasteiger partial charge in [0.05, 0.1) is 28.4 Å². The molecule has 5 aliphatic carbocycles. The first-order chi connectivity index (χ1) is 18.1. The number of carbonyl (C=O) groups excluding carboxylic acids is 6. The number of methoxy groups -OCH3 is 4. The third kappa shape index (κ3) is 2.78. The highest BCUT2D eigenvalue weighted by atomic mass is 16.5. The van der Waals surface area contributed by atoms with Crippen LogP contribution in [0, 0.1) is 45.3 Å². The lowest BCUT2D eigenvalue weighted by atomic mass is 9.47. The minimum atomic E-state index is -1.76. The molecule has 204 valence electrons. The van der Waals surface area contributed by atoms with Crippen LogP contribution in [0.2, 0.25) is 0 Å². The number of ketones is 2. The molecule has 0 aromatic heterocycles. The number of allylic oxidation sites excluding steroid dienone is 4. The van der Waals surface area contributed by atoms with Crippen LogP contribution in [0.25, 0.3) is 0 Å². The molecule has 5 rings (SSSR count). The van der Waals surface area contributed by atoms with Crippen LogP contribution in [0.15, 0.2) is 24.3 Å². The number of ether oxygens (including phenoxy) is 4. The Morgan fingerprint density at radius 1 is 0.605 bits per heavy atom. The van der Waals surface area contributed by atoms with Crippen molar-refractivity contribution in [3.05, 3.63) is 24.3 Å². The molecular weight excluding hydrogens is 496 g/mol. The monoisotopic (exact) mass is 528 g/mol. The van der Waals surface area contributed by atoms with Gasteiger partial charge in [-0.1, -0.05) is 24.3 Å². The maximum atomic E-state index is 14.2. The van der Waals surface area contributed by atoms with Crippen LogP contribution < -0.4 is 0 Å². The molecule has 0 aromatic rings. The zero-order chi connectivity index (χ0) is 27.7. The fourth-order valence-corrected chi connectivity index (χ4v) is 9.17. The lowest BCUT2D eigenvalue weighted by Crippen LogP contribution is -2.55. The van der Waals surface area contributed by atoms with E-state index in [9.17, 15) is 28.8 Å². The van der Waals surface area contributed by atoms with Crippen LogP contribution in [0.5, 0.6) is 0 Å². The smallest absolute Gasteiger partial charge is 0.316 e. The lowest BCUT2D eigenvalue weighted by molar-refractivity contribution is -0.174. The molecular formula is C28H32O10. The van der Waals surface area contributed by atoms with E-state index in [-0.39, 0.29) is 18.3 Å². The molecule has 5 aliphatic rings. The van der Waals surface area contributed by atoms with Gasteiger partial charge in [-0.05, 0) is 43.9 Å². The van der Waals surface area contributed by atoms with Gasteiger partial charge in [-0.15, -0.1) is 0 Å². The van der Waals surface area contributed by atoms with Crippen molar-refractivity contribution in [3.8, 4) is 0 Å². The van der Waals surface area contributed by atoms with Crippen LogP contribution in [-0.4, -0.2) is 63.9 Å². The first-order valence-corrected chi connectivity index (χ1v) is 12.8. The molecule has 0 aliphatic heterocycles. The first kappa shape index (κ1) is 26.3. The number of rotatable bonds is 4. The minimum absolute atomic E-state index is 0.0292. The Morgan fingerprint density at radius 3 is 1.29 bits per heavy atom. The van der Waals surface area contributed by atoms with Gasteiger partial charge in [-0.3, -0.25) is 28.8 Å². The van der Waals surface area contributed by atoms with Gasteiger partial charge in [-0.2, -0.15) is 0 Å². The van der Waals surface area contributed by atoms with E-state index in [1.54, 1.807) is 0 Å². The first-order valence-electron chi connectivity index (χ1n) is 12.8. The van der Waals surface area contributed by atoms with Crippen LogP contribution in [0.3, 0.4) is 0 Å². The highest BCUT2D eigenvalue weighted by Crippen LogP contribution is 2.77. The van der Waals surface area contributed by atoms with Crippen LogP contribution >= 0.6 is 0 Å². The summed E-state index contributed by atoms with van der Waals surface area (Å²) in [6, 6.07) is 0. The fourth-order valence-electron chi connectivity index (χ4n) is 9.17. The summed E-state index contributed by atoms with van der Waals surface area (Å²) in [6.07, 6.45) is 10.9. The Balaban J connectivity index is 1.87. The number of Topliss-reactive ketones (excluding diaryl/α,β-unsaturated/α-hetero) is 2. The quantitative estimate of drug-likeness (QED) is 0.229. The Bertz CT molecular complexity index is 1120. The highest BCUT2D eigenvalue weighted by Gasteiger charge is 2.86. The number of carbonyl (C=O) groups is 6. The van der Waals surface area contributed by atoms with Crippen molar-refractivity contribution < 1.29 is 47.7 Å². The SMILES string of the molecule is COC(=O)[C@@H]1C(=O)[C@H](C(=O)OC)C23CCC45CC=CC4(C=CC5)CCC12[C@H](C(=O)OC)C(=O)[C@@H]3C(=O)OC. The summed E-state index contributed by atoms with van der Waals surface area (Å²) in [6.45, 7) is 0. The normalized spacial score (nSPS) is 42.3. The Labute approximate surface area is 220 Å². The third-order valence-corrected chi connectivity index (χ3v) is 10.6. The average Bonchev–Trinajstić information content (AvgIpc) is 3.54. The van der Waals surface area contributed by atoms with Gasteiger partial charge in [0, 0.05) is 16.2 Å². The van der Waals surface area contributed by atoms with Crippen molar-refractivity contribution in [2.45, 2.75) is 38.5 Å². The van der Waals surface area contributed by atoms with E-state index in [0.717, 1.165) is 41.3 Å². The van der Waals surface area contributed by atoms with Gasteiger partial charge in [0.1, 0.15) is 23.7 Å². The molecule has 0 amide bonds. The molecule has 10 nitrogen and oxygen atoms in total. The summed E-state index contributed by atoms with van der Waals surface area (Å²) in [5.74, 6) is -12.1. The summed E-state index contributed by atoms with van der Waals surface area (Å²) in [5.41, 5.74) is -4.18. The zero-order valence-corrected chi connectivity index (χ0v) is 21.9. The van der Waals surface area contributed by atoms with Gasteiger partial charge >= 0.3 is 23.9 Å². The van der Waals surface area contributed by atoms with E-state index in [2.05, 4.69) is 24.3 Å². The topological polar surface area (TPSA) is 139 Å². The van der Waals surface area contributed by atoms with E-state index in [0.29, 0.717) is 12.8 Å². The van der Waals surface area contributed by atoms with E-state index < -0.39 is 75.4 Å². The van der Waals surface area contributed by atoms with Crippen LogP contribution in [-0.2, 0) is 47.7 Å². The zero-order valence-electron chi connectivity index (χ0n) is 21.9. The summed E-state index contributed by atoms with van der Waals surface area (Å²) in [7, 11) is 4.42. The standard InChI is InChI=1S/C28H32O10/c1-35-21(31)15-19(29)16(22(32)36-2)28-14-12-26-9-5-7-25(26,8-6-10-26)11-13-27(15,28)17(23(33)37-3)20(30)18(28)24(34)38-4/h5-8,15-18H,9-14H2,1-4H3/t15-,16+,17-,18+,25?,26?,27?,28?/m0/s1. The van der Waals surface area contributed by atoms with Crippen molar-refractivity contribution in [2.24, 2.45) is 45.3 Å². The molecule has 3 saturated carbocycles. The molecule has 0 aromatic carbocycles. The average molecular weight is 529 g/mol. The maximum absolute atomic E-state index is 14.2. The van der Waals surface area contributed by atoms with E-state index in [4.69, 9.17) is 18.9 Å². The Morgan fingerprint density at radius 2 is 0.947 bits per heavy atom. The molecule has 0 N–H and O–H groups in total. The van der Waals surface area contributed by atoms with Crippen molar-refractivity contribution in [1.29, 1.82) is 0 Å². The number of hydrogen-bond acceptors (Lipinski definition) is 10. The number of hydrogen-bond donors (Lipinski definition) is 0. The maximum Gasteiger partial charge on any atom is 0.316 e. The molecule has 38 heavy (non-hydrogen) atoms.